The average Bonchev–Trinajstić information content (AvgIpc) is 3.35. The molecule has 8 heteroatoms. The van der Waals surface area contributed by atoms with Crippen LogP contribution in [0.2, 0.25) is 0 Å². The summed E-state index contributed by atoms with van der Waals surface area (Å²) in [7, 11) is 0. The number of nitrogens with zero attached hydrogens (tertiary/aromatic N) is 3. The standard InChI is InChI=1S/C18H18FN3O4/c19-12-3-1-11(2-4-12)17-20-18(26-21-17)16-7-13(24)8-22(16)9-14-5-6-15(10-23)25-14/h1-6,13,16,23-24H,7-10H2/t13-,16-/m1/s1. The van der Waals surface area contributed by atoms with Crippen LogP contribution >= 0.6 is 0 Å². The number of likely N-dealkylation sites (tertiary alicyclic amines) is 1. The lowest BCUT2D eigenvalue weighted by Crippen LogP contribution is -2.24. The molecular formula is C18H18FN3O4. The van der Waals surface area contributed by atoms with Crippen molar-refractivity contribution < 1.29 is 23.5 Å². The molecule has 1 saturated heterocycles. The van der Waals surface area contributed by atoms with Crippen LogP contribution < -0.4 is 0 Å². The minimum atomic E-state index is -0.506. The first kappa shape index (κ1) is 16.9. The van der Waals surface area contributed by atoms with Crippen molar-refractivity contribution in [3.63, 3.8) is 0 Å². The molecule has 26 heavy (non-hydrogen) atoms. The van der Waals surface area contributed by atoms with Gasteiger partial charge in [0.1, 0.15) is 23.9 Å². The molecule has 0 amide bonds. The van der Waals surface area contributed by atoms with E-state index in [9.17, 15) is 9.50 Å². The van der Waals surface area contributed by atoms with Gasteiger partial charge >= 0.3 is 0 Å². The number of rotatable bonds is 5. The molecule has 1 aliphatic heterocycles. The summed E-state index contributed by atoms with van der Waals surface area (Å²) in [6.45, 7) is 0.751. The highest BCUT2D eigenvalue weighted by Gasteiger charge is 2.36. The van der Waals surface area contributed by atoms with Crippen LogP contribution in [-0.4, -0.2) is 37.9 Å². The molecule has 3 heterocycles. The molecule has 1 aliphatic rings. The first-order valence-corrected chi connectivity index (χ1v) is 8.32. The van der Waals surface area contributed by atoms with Gasteiger partial charge in [-0.05, 0) is 42.8 Å². The van der Waals surface area contributed by atoms with E-state index in [4.69, 9.17) is 14.0 Å². The van der Waals surface area contributed by atoms with Crippen molar-refractivity contribution in [1.29, 1.82) is 0 Å². The lowest BCUT2D eigenvalue weighted by Gasteiger charge is -2.19. The molecule has 2 N–H and O–H groups in total. The second-order valence-corrected chi connectivity index (χ2v) is 6.32. The van der Waals surface area contributed by atoms with Crippen LogP contribution in [0.5, 0.6) is 0 Å². The third kappa shape index (κ3) is 3.39. The van der Waals surface area contributed by atoms with Gasteiger partial charge in [0, 0.05) is 12.1 Å². The molecule has 7 nitrogen and oxygen atoms in total. The van der Waals surface area contributed by atoms with Crippen molar-refractivity contribution in [3.8, 4) is 11.4 Å². The molecule has 0 radical (unpaired) electrons. The second-order valence-electron chi connectivity index (χ2n) is 6.32. The van der Waals surface area contributed by atoms with E-state index in [0.29, 0.717) is 48.3 Å². The second kappa shape index (κ2) is 6.99. The minimum absolute atomic E-state index is 0.156. The molecule has 1 fully saturated rings. The van der Waals surface area contributed by atoms with E-state index in [0.717, 1.165) is 0 Å². The van der Waals surface area contributed by atoms with Gasteiger partial charge in [-0.2, -0.15) is 4.98 Å². The fourth-order valence-corrected chi connectivity index (χ4v) is 3.19. The van der Waals surface area contributed by atoms with E-state index in [1.165, 1.54) is 12.1 Å². The Morgan fingerprint density at radius 2 is 1.92 bits per heavy atom. The van der Waals surface area contributed by atoms with Gasteiger partial charge < -0.3 is 19.2 Å². The Labute approximate surface area is 148 Å². The zero-order valence-electron chi connectivity index (χ0n) is 13.9. The van der Waals surface area contributed by atoms with Crippen LogP contribution in [0.3, 0.4) is 0 Å². The highest BCUT2D eigenvalue weighted by Crippen LogP contribution is 2.33. The van der Waals surface area contributed by atoms with E-state index >= 15 is 0 Å². The van der Waals surface area contributed by atoms with Crippen LogP contribution in [0.15, 0.2) is 45.3 Å². The Balaban J connectivity index is 1.54. The third-order valence-electron chi connectivity index (χ3n) is 4.44. The smallest absolute Gasteiger partial charge is 0.244 e. The van der Waals surface area contributed by atoms with Gasteiger partial charge in [-0.15, -0.1) is 0 Å². The quantitative estimate of drug-likeness (QED) is 0.721. The Hall–Kier alpha value is -2.55. The number of β-amino-alcohol motifs (C(OH)–C–C–N with tert-alkyl or cyclic N) is 1. The third-order valence-corrected chi connectivity index (χ3v) is 4.44. The monoisotopic (exact) mass is 359 g/mol. The Morgan fingerprint density at radius 3 is 2.65 bits per heavy atom. The van der Waals surface area contributed by atoms with Gasteiger partial charge in [-0.25, -0.2) is 4.39 Å². The molecule has 0 spiro atoms. The van der Waals surface area contributed by atoms with E-state index in [1.54, 1.807) is 24.3 Å². The molecule has 0 bridgehead atoms. The fourth-order valence-electron chi connectivity index (χ4n) is 3.19. The molecule has 2 aromatic heterocycles. The van der Waals surface area contributed by atoms with Crippen LogP contribution in [-0.2, 0) is 13.2 Å². The summed E-state index contributed by atoms with van der Waals surface area (Å²) >= 11 is 0. The Morgan fingerprint density at radius 1 is 1.15 bits per heavy atom. The van der Waals surface area contributed by atoms with Gasteiger partial charge in [-0.1, -0.05) is 5.16 Å². The van der Waals surface area contributed by atoms with Crippen molar-refractivity contribution in [2.75, 3.05) is 6.54 Å². The van der Waals surface area contributed by atoms with Crippen molar-refractivity contribution in [2.24, 2.45) is 0 Å². The molecule has 0 unspecified atom stereocenters. The topological polar surface area (TPSA) is 95.8 Å². The number of aromatic nitrogens is 2. The summed E-state index contributed by atoms with van der Waals surface area (Å²) in [5.41, 5.74) is 0.658. The predicted molar refractivity (Wildman–Crippen MR) is 88.1 cm³/mol. The predicted octanol–water partition coefficient (Wildman–Crippen LogP) is 2.27. The number of furan rings is 1. The normalized spacial score (nSPS) is 20.7. The van der Waals surface area contributed by atoms with Crippen LogP contribution in [0.1, 0.15) is 29.9 Å². The minimum Gasteiger partial charge on any atom is -0.462 e. The lowest BCUT2D eigenvalue weighted by molar-refractivity contribution is 0.160. The van der Waals surface area contributed by atoms with E-state index in [-0.39, 0.29) is 18.5 Å². The number of hydrogen-bond donors (Lipinski definition) is 2. The molecular weight excluding hydrogens is 341 g/mol. The molecule has 1 aromatic carbocycles. The molecule has 4 rings (SSSR count). The largest absolute Gasteiger partial charge is 0.462 e. The summed E-state index contributed by atoms with van der Waals surface area (Å²) in [5, 5.41) is 23.2. The summed E-state index contributed by atoms with van der Waals surface area (Å²) in [6.07, 6.45) is -0.0352. The zero-order valence-corrected chi connectivity index (χ0v) is 13.9. The first-order chi connectivity index (χ1) is 12.6. The molecule has 0 saturated carbocycles. The number of hydrogen-bond acceptors (Lipinski definition) is 7. The van der Waals surface area contributed by atoms with Crippen molar-refractivity contribution >= 4 is 0 Å². The highest BCUT2D eigenvalue weighted by molar-refractivity contribution is 5.53. The van der Waals surface area contributed by atoms with Crippen molar-refractivity contribution in [2.45, 2.75) is 31.7 Å². The number of halogens is 1. The van der Waals surface area contributed by atoms with E-state index < -0.39 is 6.10 Å². The lowest BCUT2D eigenvalue weighted by atomic mass is 10.2. The van der Waals surface area contributed by atoms with Gasteiger partial charge in [0.05, 0.1) is 18.7 Å². The zero-order chi connectivity index (χ0) is 18.1. The number of benzene rings is 1. The van der Waals surface area contributed by atoms with E-state index in [1.807, 2.05) is 4.90 Å². The number of aliphatic hydroxyl groups excluding tert-OH is 2. The van der Waals surface area contributed by atoms with Gasteiger partial charge in [0.2, 0.25) is 11.7 Å². The summed E-state index contributed by atoms with van der Waals surface area (Å²) in [4.78, 5) is 6.41. The van der Waals surface area contributed by atoms with Crippen LogP contribution in [0.4, 0.5) is 4.39 Å². The Bertz CT molecular complexity index is 877. The van der Waals surface area contributed by atoms with E-state index in [2.05, 4.69) is 10.1 Å². The molecule has 0 aliphatic carbocycles. The Kier molecular flexibility index (Phi) is 4.54. The summed E-state index contributed by atoms with van der Waals surface area (Å²) in [6, 6.07) is 9.13. The maximum Gasteiger partial charge on any atom is 0.244 e. The van der Waals surface area contributed by atoms with Crippen LogP contribution in [0.25, 0.3) is 11.4 Å². The van der Waals surface area contributed by atoms with Gasteiger partial charge in [-0.3, -0.25) is 4.90 Å². The highest BCUT2D eigenvalue weighted by atomic mass is 19.1. The van der Waals surface area contributed by atoms with Gasteiger partial charge in [0.25, 0.3) is 0 Å². The molecule has 136 valence electrons. The first-order valence-electron chi connectivity index (χ1n) is 8.32. The van der Waals surface area contributed by atoms with Crippen LogP contribution in [0, 0.1) is 5.82 Å². The number of aliphatic hydroxyl groups is 2. The molecule has 2 atom stereocenters. The average molecular weight is 359 g/mol. The van der Waals surface area contributed by atoms with Gasteiger partial charge in [0.15, 0.2) is 0 Å². The maximum absolute atomic E-state index is 13.1. The maximum atomic E-state index is 13.1. The summed E-state index contributed by atoms with van der Waals surface area (Å²) < 4.78 is 24.0. The van der Waals surface area contributed by atoms with Crippen molar-refractivity contribution in [1.82, 2.24) is 15.0 Å². The molecule has 3 aromatic rings. The fraction of sp³-hybridized carbons (Fsp3) is 0.333. The SMILES string of the molecule is OCc1ccc(CN2C[C@H](O)C[C@@H]2c2nc(-c3ccc(F)cc3)no2)o1. The summed E-state index contributed by atoms with van der Waals surface area (Å²) in [5.74, 6) is 1.62. The van der Waals surface area contributed by atoms with Crippen molar-refractivity contribution in [3.05, 3.63) is 59.6 Å².